The van der Waals surface area contributed by atoms with Crippen LogP contribution in [0.1, 0.15) is 16.1 Å². The zero-order valence-corrected chi connectivity index (χ0v) is 15.7. The van der Waals surface area contributed by atoms with Gasteiger partial charge in [0.1, 0.15) is 5.01 Å². The van der Waals surface area contributed by atoms with Gasteiger partial charge in [0.05, 0.1) is 16.3 Å². The first-order valence-electron chi connectivity index (χ1n) is 7.90. The van der Waals surface area contributed by atoms with Crippen LogP contribution in [-0.2, 0) is 16.4 Å². The van der Waals surface area contributed by atoms with Gasteiger partial charge in [-0.1, -0.05) is 23.8 Å². The van der Waals surface area contributed by atoms with Crippen LogP contribution in [0, 0.1) is 13.8 Å². The molecule has 0 atom stereocenters. The molecule has 0 unspecified atom stereocenters. The summed E-state index contributed by atoms with van der Waals surface area (Å²) in [6, 6.07) is 12.5. The Hall–Kier alpha value is -2.09. The van der Waals surface area contributed by atoms with Gasteiger partial charge in [-0.15, -0.1) is 11.3 Å². The lowest BCUT2D eigenvalue weighted by Crippen LogP contribution is -2.25. The maximum atomic E-state index is 12.3. The molecule has 130 valence electrons. The van der Waals surface area contributed by atoms with Crippen molar-refractivity contribution in [2.75, 3.05) is 6.54 Å². The minimum Gasteiger partial charge on any atom is -0.254 e. The molecule has 0 radical (unpaired) electrons. The molecule has 3 aromatic rings. The van der Waals surface area contributed by atoms with E-state index in [1.54, 1.807) is 41.8 Å². The van der Waals surface area contributed by atoms with E-state index in [0.29, 0.717) is 13.0 Å². The van der Waals surface area contributed by atoms with E-state index in [9.17, 15) is 8.42 Å². The van der Waals surface area contributed by atoms with Gasteiger partial charge in [0, 0.05) is 17.6 Å². The fraction of sp³-hybridized carbons (Fsp3) is 0.222. The third-order valence-electron chi connectivity index (χ3n) is 3.75. The number of sulfonamides is 1. The van der Waals surface area contributed by atoms with Crippen molar-refractivity contribution in [1.82, 2.24) is 14.7 Å². The first-order chi connectivity index (χ1) is 12.0. The Balaban J connectivity index is 1.66. The van der Waals surface area contributed by atoms with Crippen molar-refractivity contribution in [2.45, 2.75) is 25.2 Å². The third-order valence-corrected chi connectivity index (χ3v) is 6.47. The standard InChI is InChI=1S/C18H19N3O2S2/c1-13-6-8-15(9-7-13)25(22,23)20-12-10-17-14(2)21-18(24-17)16-5-3-4-11-19-16/h3-9,11,20H,10,12H2,1-2H3. The van der Waals surface area contributed by atoms with E-state index in [1.807, 2.05) is 32.0 Å². The molecule has 0 aliphatic heterocycles. The predicted octanol–water partition coefficient (Wildman–Crippen LogP) is 3.34. The molecule has 0 fully saturated rings. The first-order valence-corrected chi connectivity index (χ1v) is 10.2. The Morgan fingerprint density at radius 2 is 1.84 bits per heavy atom. The summed E-state index contributed by atoms with van der Waals surface area (Å²) in [5.41, 5.74) is 2.78. The Bertz CT molecular complexity index is 950. The smallest absolute Gasteiger partial charge is 0.240 e. The normalized spacial score (nSPS) is 11.6. The number of aromatic nitrogens is 2. The van der Waals surface area contributed by atoms with Crippen molar-refractivity contribution >= 4 is 21.4 Å². The highest BCUT2D eigenvalue weighted by atomic mass is 32.2. The molecule has 2 heterocycles. The van der Waals surface area contributed by atoms with E-state index in [1.165, 1.54) is 0 Å². The second-order valence-corrected chi connectivity index (χ2v) is 8.55. The Morgan fingerprint density at radius 1 is 1.08 bits per heavy atom. The second kappa shape index (κ2) is 7.43. The summed E-state index contributed by atoms with van der Waals surface area (Å²) in [7, 11) is -3.48. The highest BCUT2D eigenvalue weighted by molar-refractivity contribution is 7.89. The molecule has 5 nitrogen and oxygen atoms in total. The molecule has 0 spiro atoms. The fourth-order valence-electron chi connectivity index (χ4n) is 2.36. The molecule has 0 aliphatic carbocycles. The lowest BCUT2D eigenvalue weighted by atomic mass is 10.2. The summed E-state index contributed by atoms with van der Waals surface area (Å²) >= 11 is 1.55. The van der Waals surface area contributed by atoms with E-state index < -0.39 is 10.0 Å². The number of nitrogens with zero attached hydrogens (tertiary/aromatic N) is 2. The quantitative estimate of drug-likeness (QED) is 0.719. The highest BCUT2D eigenvalue weighted by Crippen LogP contribution is 2.26. The van der Waals surface area contributed by atoms with Crippen molar-refractivity contribution in [2.24, 2.45) is 0 Å². The van der Waals surface area contributed by atoms with Gasteiger partial charge >= 0.3 is 0 Å². The molecular weight excluding hydrogens is 354 g/mol. The molecule has 0 amide bonds. The summed E-state index contributed by atoms with van der Waals surface area (Å²) in [6.45, 7) is 4.20. The van der Waals surface area contributed by atoms with Crippen LogP contribution in [0.15, 0.2) is 53.6 Å². The molecule has 0 saturated carbocycles. The Labute approximate surface area is 151 Å². The predicted molar refractivity (Wildman–Crippen MR) is 100 cm³/mol. The molecule has 7 heteroatoms. The van der Waals surface area contributed by atoms with Crippen LogP contribution < -0.4 is 4.72 Å². The van der Waals surface area contributed by atoms with E-state index in [4.69, 9.17) is 0 Å². The molecule has 0 saturated heterocycles. The SMILES string of the molecule is Cc1ccc(S(=O)(=O)NCCc2sc(-c3ccccn3)nc2C)cc1. The molecule has 25 heavy (non-hydrogen) atoms. The van der Waals surface area contributed by atoms with Crippen molar-refractivity contribution in [3.63, 3.8) is 0 Å². The zero-order chi connectivity index (χ0) is 17.9. The molecule has 0 aliphatic rings. The van der Waals surface area contributed by atoms with E-state index >= 15 is 0 Å². The number of rotatable bonds is 6. The van der Waals surface area contributed by atoms with Crippen LogP contribution in [0.2, 0.25) is 0 Å². The van der Waals surface area contributed by atoms with Crippen LogP contribution in [0.3, 0.4) is 0 Å². The number of hydrogen-bond donors (Lipinski definition) is 1. The van der Waals surface area contributed by atoms with Gasteiger partial charge in [-0.25, -0.2) is 18.1 Å². The van der Waals surface area contributed by atoms with E-state index in [2.05, 4.69) is 14.7 Å². The summed E-state index contributed by atoms with van der Waals surface area (Å²) < 4.78 is 27.3. The molecule has 2 aromatic heterocycles. The number of benzene rings is 1. The van der Waals surface area contributed by atoms with Gasteiger partial charge in [0.2, 0.25) is 10.0 Å². The molecule has 1 N–H and O–H groups in total. The van der Waals surface area contributed by atoms with Crippen molar-refractivity contribution in [3.8, 4) is 10.7 Å². The second-order valence-electron chi connectivity index (χ2n) is 5.70. The Morgan fingerprint density at radius 3 is 2.52 bits per heavy atom. The van der Waals surface area contributed by atoms with E-state index in [0.717, 1.165) is 26.8 Å². The van der Waals surface area contributed by atoms with Crippen LogP contribution in [0.25, 0.3) is 10.7 Å². The molecule has 0 bridgehead atoms. The van der Waals surface area contributed by atoms with Crippen LogP contribution in [-0.4, -0.2) is 24.9 Å². The molecule has 1 aromatic carbocycles. The number of thiazole rings is 1. The van der Waals surface area contributed by atoms with Crippen molar-refractivity contribution in [1.29, 1.82) is 0 Å². The van der Waals surface area contributed by atoms with Crippen LogP contribution in [0.5, 0.6) is 0 Å². The van der Waals surface area contributed by atoms with Gasteiger partial charge < -0.3 is 0 Å². The summed E-state index contributed by atoms with van der Waals surface area (Å²) in [5, 5.41) is 0.856. The minimum absolute atomic E-state index is 0.285. The van der Waals surface area contributed by atoms with Crippen molar-refractivity contribution < 1.29 is 8.42 Å². The fourth-order valence-corrected chi connectivity index (χ4v) is 4.43. The van der Waals surface area contributed by atoms with E-state index in [-0.39, 0.29) is 4.90 Å². The monoisotopic (exact) mass is 373 g/mol. The maximum absolute atomic E-state index is 12.3. The third kappa shape index (κ3) is 4.31. The first kappa shape index (κ1) is 17.7. The summed E-state index contributed by atoms with van der Waals surface area (Å²) in [5.74, 6) is 0. The van der Waals surface area contributed by atoms with Gasteiger partial charge in [0.15, 0.2) is 0 Å². The average Bonchev–Trinajstić information content (AvgIpc) is 2.97. The molecular formula is C18H19N3O2S2. The van der Waals surface area contributed by atoms with Gasteiger partial charge in [-0.05, 0) is 44.5 Å². The number of nitrogens with one attached hydrogen (secondary N) is 1. The highest BCUT2D eigenvalue weighted by Gasteiger charge is 2.15. The summed E-state index contributed by atoms with van der Waals surface area (Å²) in [4.78, 5) is 10.2. The minimum atomic E-state index is -3.48. The summed E-state index contributed by atoms with van der Waals surface area (Å²) in [6.07, 6.45) is 2.34. The van der Waals surface area contributed by atoms with Crippen molar-refractivity contribution in [3.05, 3.63) is 64.8 Å². The Kier molecular flexibility index (Phi) is 5.27. The zero-order valence-electron chi connectivity index (χ0n) is 14.1. The van der Waals surface area contributed by atoms with Gasteiger partial charge in [0.25, 0.3) is 0 Å². The average molecular weight is 374 g/mol. The largest absolute Gasteiger partial charge is 0.254 e. The molecule has 3 rings (SSSR count). The maximum Gasteiger partial charge on any atom is 0.240 e. The van der Waals surface area contributed by atoms with Crippen LogP contribution in [0.4, 0.5) is 0 Å². The number of aryl methyl sites for hydroxylation is 2. The van der Waals surface area contributed by atoms with Gasteiger partial charge in [-0.3, -0.25) is 4.98 Å². The lowest BCUT2D eigenvalue weighted by molar-refractivity contribution is 0.581. The number of pyridine rings is 1. The lowest BCUT2D eigenvalue weighted by Gasteiger charge is -2.06. The van der Waals surface area contributed by atoms with Gasteiger partial charge in [-0.2, -0.15) is 0 Å². The number of hydrogen-bond acceptors (Lipinski definition) is 5. The van der Waals surface area contributed by atoms with Crippen LogP contribution >= 0.6 is 11.3 Å². The topological polar surface area (TPSA) is 72.0 Å².